The van der Waals surface area contributed by atoms with E-state index in [1.165, 1.54) is 35.2 Å². The van der Waals surface area contributed by atoms with Crippen molar-refractivity contribution in [3.05, 3.63) is 30.1 Å². The number of hydrogen-bond acceptors (Lipinski definition) is 8. The van der Waals surface area contributed by atoms with Gasteiger partial charge < -0.3 is 10.2 Å². The highest BCUT2D eigenvalue weighted by molar-refractivity contribution is 8.03. The molecule has 1 aromatic carbocycles. The van der Waals surface area contributed by atoms with Crippen LogP contribution in [0.2, 0.25) is 0 Å². The molecule has 0 atom stereocenters. The number of carbonyl (C=O) groups excluding carboxylic acids is 2. The van der Waals surface area contributed by atoms with Crippen LogP contribution in [0.3, 0.4) is 0 Å². The fraction of sp³-hybridized carbons (Fsp3) is 0.500. The molecule has 7 nitrogen and oxygen atoms in total. The number of anilines is 1. The van der Waals surface area contributed by atoms with Crippen molar-refractivity contribution in [3.8, 4) is 0 Å². The largest absolute Gasteiger partial charge is 0.339 e. The van der Waals surface area contributed by atoms with Crippen LogP contribution in [0.25, 0.3) is 0 Å². The van der Waals surface area contributed by atoms with Crippen molar-refractivity contribution >= 4 is 52.4 Å². The molecule has 11 heteroatoms. The molecule has 2 amide bonds. The first-order chi connectivity index (χ1) is 15.0. The minimum atomic E-state index is -0.386. The average molecular weight is 484 g/mol. The summed E-state index contributed by atoms with van der Waals surface area (Å²) in [6.45, 7) is 4.81. The highest BCUT2D eigenvalue weighted by Gasteiger charge is 2.23. The first-order valence-electron chi connectivity index (χ1n) is 10.2. The monoisotopic (exact) mass is 483 g/mol. The number of unbranched alkanes of at least 4 members (excludes halogenated alkanes) is 1. The lowest BCUT2D eigenvalue weighted by atomic mass is 10.3. The lowest BCUT2D eigenvalue weighted by Gasteiger charge is -2.34. The molecule has 2 heterocycles. The smallest absolute Gasteiger partial charge is 0.238 e. The Balaban J connectivity index is 1.35. The van der Waals surface area contributed by atoms with Crippen molar-refractivity contribution in [1.29, 1.82) is 0 Å². The van der Waals surface area contributed by atoms with Gasteiger partial charge in [-0.3, -0.25) is 14.5 Å². The minimum absolute atomic E-state index is 0.0734. The Morgan fingerprint density at radius 1 is 1.16 bits per heavy atom. The molecule has 2 aromatic rings. The highest BCUT2D eigenvalue weighted by Crippen LogP contribution is 2.29. The molecule has 0 unspecified atom stereocenters. The summed E-state index contributed by atoms with van der Waals surface area (Å²) >= 11 is 4.68. The molecule has 0 radical (unpaired) electrons. The number of amides is 2. The molecule has 0 aliphatic carbocycles. The van der Waals surface area contributed by atoms with Gasteiger partial charge in [0, 0.05) is 37.6 Å². The van der Waals surface area contributed by atoms with Crippen molar-refractivity contribution in [2.24, 2.45) is 0 Å². The molecule has 1 N–H and O–H groups in total. The maximum Gasteiger partial charge on any atom is 0.238 e. The normalized spacial score (nSPS) is 14.6. The number of carbonyl (C=O) groups is 2. The van der Waals surface area contributed by atoms with Gasteiger partial charge in [-0.25, -0.2) is 4.39 Å². The van der Waals surface area contributed by atoms with Crippen molar-refractivity contribution in [3.63, 3.8) is 0 Å². The van der Waals surface area contributed by atoms with E-state index in [4.69, 9.17) is 0 Å². The Hall–Kier alpha value is -1.69. The summed E-state index contributed by atoms with van der Waals surface area (Å²) in [5.74, 6) is 0.880. The number of benzene rings is 1. The number of thioether (sulfide) groups is 2. The van der Waals surface area contributed by atoms with E-state index in [1.807, 2.05) is 9.80 Å². The first-order valence-corrected chi connectivity index (χ1v) is 13.0. The molecule has 31 heavy (non-hydrogen) atoms. The molecule has 1 aliphatic heterocycles. The molecule has 168 valence electrons. The number of halogens is 1. The van der Waals surface area contributed by atoms with E-state index in [-0.39, 0.29) is 24.2 Å². The summed E-state index contributed by atoms with van der Waals surface area (Å²) in [5, 5.41) is 11.0. The van der Waals surface area contributed by atoms with Crippen LogP contribution in [-0.4, -0.2) is 76.0 Å². The fourth-order valence-electron chi connectivity index (χ4n) is 2.96. The quantitative estimate of drug-likeness (QED) is 0.410. The SMILES string of the molecule is CCCCSc1nnc(SCC(=O)N2CCN(CC(=O)Nc3cccc(F)c3)CC2)s1. The predicted molar refractivity (Wildman–Crippen MR) is 124 cm³/mol. The van der Waals surface area contributed by atoms with E-state index < -0.39 is 0 Å². The van der Waals surface area contributed by atoms with Gasteiger partial charge in [0.05, 0.1) is 12.3 Å². The average Bonchev–Trinajstić information content (AvgIpc) is 3.20. The summed E-state index contributed by atoms with van der Waals surface area (Å²) in [6.07, 6.45) is 2.32. The molecule has 0 spiro atoms. The van der Waals surface area contributed by atoms with Crippen LogP contribution in [0.5, 0.6) is 0 Å². The molecule has 3 rings (SSSR count). The number of hydrogen-bond donors (Lipinski definition) is 1. The third-order valence-electron chi connectivity index (χ3n) is 4.63. The summed E-state index contributed by atoms with van der Waals surface area (Å²) in [5.41, 5.74) is 0.444. The Bertz CT molecular complexity index is 874. The zero-order valence-corrected chi connectivity index (χ0v) is 19.8. The van der Waals surface area contributed by atoms with E-state index >= 15 is 0 Å². The third kappa shape index (κ3) is 8.06. The Morgan fingerprint density at radius 3 is 2.61 bits per heavy atom. The summed E-state index contributed by atoms with van der Waals surface area (Å²) in [7, 11) is 0. The van der Waals surface area contributed by atoms with E-state index in [0.717, 1.165) is 27.3 Å². The van der Waals surface area contributed by atoms with Crippen LogP contribution < -0.4 is 5.32 Å². The molecule has 1 aliphatic rings. The van der Waals surface area contributed by atoms with Gasteiger partial charge in [0.25, 0.3) is 0 Å². The molecule has 0 saturated carbocycles. The van der Waals surface area contributed by atoms with Crippen LogP contribution >= 0.6 is 34.9 Å². The summed E-state index contributed by atoms with van der Waals surface area (Å²) in [6, 6.07) is 5.83. The van der Waals surface area contributed by atoms with Gasteiger partial charge >= 0.3 is 0 Å². The molecule has 1 saturated heterocycles. The number of nitrogens with one attached hydrogen (secondary N) is 1. The standard InChI is InChI=1S/C20H26FN5O2S3/c1-2-3-11-29-19-23-24-20(31-19)30-14-18(28)26-9-7-25(8-10-26)13-17(27)22-16-6-4-5-15(21)12-16/h4-6,12H,2-3,7-11,13-14H2,1H3,(H,22,27). The molecule has 1 fully saturated rings. The van der Waals surface area contributed by atoms with Gasteiger partial charge in [-0.15, -0.1) is 10.2 Å². The molecular weight excluding hydrogens is 457 g/mol. The number of piperazine rings is 1. The number of nitrogens with zero attached hydrogens (tertiary/aromatic N) is 4. The van der Waals surface area contributed by atoms with E-state index in [0.29, 0.717) is 37.6 Å². The Kier molecular flexibility index (Phi) is 9.56. The predicted octanol–water partition coefficient (Wildman–Crippen LogP) is 3.44. The second-order valence-corrected chi connectivity index (χ2v) is 10.6. The van der Waals surface area contributed by atoms with Crippen LogP contribution in [0, 0.1) is 5.82 Å². The van der Waals surface area contributed by atoms with Gasteiger partial charge in [0.15, 0.2) is 8.68 Å². The van der Waals surface area contributed by atoms with Gasteiger partial charge in [-0.1, -0.05) is 54.3 Å². The molecular formula is C20H26FN5O2S3. The van der Waals surface area contributed by atoms with Crippen molar-refractivity contribution < 1.29 is 14.0 Å². The van der Waals surface area contributed by atoms with Gasteiger partial charge in [0.1, 0.15) is 5.82 Å². The Labute approximate surface area is 194 Å². The fourth-order valence-corrected chi connectivity index (χ4v) is 6.03. The zero-order valence-electron chi connectivity index (χ0n) is 17.4. The van der Waals surface area contributed by atoms with Crippen molar-refractivity contribution in [2.75, 3.05) is 49.5 Å². The first kappa shape index (κ1) is 24.0. The summed E-state index contributed by atoms with van der Waals surface area (Å²) in [4.78, 5) is 28.5. The maximum atomic E-state index is 13.2. The van der Waals surface area contributed by atoms with Crippen molar-refractivity contribution in [1.82, 2.24) is 20.0 Å². The lowest BCUT2D eigenvalue weighted by Crippen LogP contribution is -2.50. The van der Waals surface area contributed by atoms with Crippen LogP contribution in [0.15, 0.2) is 32.9 Å². The number of rotatable bonds is 10. The third-order valence-corrected chi connectivity index (χ3v) is 7.89. The van der Waals surface area contributed by atoms with Gasteiger partial charge in [0.2, 0.25) is 11.8 Å². The molecule has 1 aromatic heterocycles. The summed E-state index contributed by atoms with van der Waals surface area (Å²) < 4.78 is 15.0. The Morgan fingerprint density at radius 2 is 1.90 bits per heavy atom. The topological polar surface area (TPSA) is 78.4 Å². The highest BCUT2D eigenvalue weighted by atomic mass is 32.2. The van der Waals surface area contributed by atoms with Gasteiger partial charge in [-0.05, 0) is 24.6 Å². The molecule has 0 bridgehead atoms. The second kappa shape index (κ2) is 12.4. The van der Waals surface area contributed by atoms with Crippen LogP contribution in [-0.2, 0) is 9.59 Å². The van der Waals surface area contributed by atoms with E-state index in [1.54, 1.807) is 23.9 Å². The lowest BCUT2D eigenvalue weighted by molar-refractivity contribution is -0.130. The maximum absolute atomic E-state index is 13.2. The zero-order chi connectivity index (χ0) is 22.1. The second-order valence-electron chi connectivity index (χ2n) is 7.04. The van der Waals surface area contributed by atoms with Gasteiger partial charge in [-0.2, -0.15) is 0 Å². The van der Waals surface area contributed by atoms with Crippen molar-refractivity contribution in [2.45, 2.75) is 28.4 Å². The number of aromatic nitrogens is 2. The van der Waals surface area contributed by atoms with Crippen LogP contribution in [0.4, 0.5) is 10.1 Å². The van der Waals surface area contributed by atoms with Crippen LogP contribution in [0.1, 0.15) is 19.8 Å². The van der Waals surface area contributed by atoms with E-state index in [2.05, 4.69) is 22.4 Å². The van der Waals surface area contributed by atoms with E-state index in [9.17, 15) is 14.0 Å². The minimum Gasteiger partial charge on any atom is -0.339 e.